The maximum atomic E-state index is 13.8. The van der Waals surface area contributed by atoms with E-state index in [2.05, 4.69) is 5.32 Å². The molecule has 2 rings (SSSR count). The number of nitrogens with one attached hydrogen (secondary N) is 1. The number of rotatable bonds is 15. The first kappa shape index (κ1) is 30.8. The lowest BCUT2D eigenvalue weighted by molar-refractivity contribution is -0.140. The summed E-state index contributed by atoms with van der Waals surface area (Å²) in [6.07, 6.45) is 3.09. The summed E-state index contributed by atoms with van der Waals surface area (Å²) in [6.45, 7) is 3.91. The number of nitrogens with zero attached hydrogens (tertiary/aromatic N) is 2. The summed E-state index contributed by atoms with van der Waals surface area (Å²) in [6, 6.07) is 11.1. The van der Waals surface area contributed by atoms with Gasteiger partial charge in [0.15, 0.2) is 0 Å². The molecule has 2 aromatic rings. The molecule has 210 valence electrons. The largest absolute Gasteiger partial charge is 0.497 e. The quantitative estimate of drug-likeness (QED) is 0.339. The lowest BCUT2D eigenvalue weighted by Crippen LogP contribution is -2.52. The number of sulfonamides is 1. The van der Waals surface area contributed by atoms with Crippen LogP contribution in [0, 0.1) is 0 Å². The fraction of sp³-hybridized carbons (Fsp3) is 0.481. The Hall–Kier alpha value is -3.47. The van der Waals surface area contributed by atoms with Gasteiger partial charge in [-0.25, -0.2) is 8.42 Å². The zero-order valence-electron chi connectivity index (χ0n) is 23.0. The monoisotopic (exact) mass is 549 g/mol. The third kappa shape index (κ3) is 8.27. The summed E-state index contributed by atoms with van der Waals surface area (Å²) in [5.74, 6) is 0.499. The summed E-state index contributed by atoms with van der Waals surface area (Å²) in [4.78, 5) is 28.4. The minimum atomic E-state index is -3.92. The van der Waals surface area contributed by atoms with E-state index in [0.29, 0.717) is 24.5 Å². The number of anilines is 1. The second-order valence-electron chi connectivity index (χ2n) is 8.75. The molecule has 0 unspecified atom stereocenters. The molecule has 1 N–H and O–H groups in total. The van der Waals surface area contributed by atoms with E-state index in [9.17, 15) is 18.0 Å². The third-order valence-corrected chi connectivity index (χ3v) is 7.19. The van der Waals surface area contributed by atoms with Crippen molar-refractivity contribution < 1.29 is 32.2 Å². The summed E-state index contributed by atoms with van der Waals surface area (Å²) >= 11 is 0. The SMILES string of the molecule is CCCCNC(=O)[C@H](CC)N(Cc1ccc(OC)cc1)C(=O)CN(c1cc(OC)ccc1OC)S(C)(=O)=O. The highest BCUT2D eigenvalue weighted by molar-refractivity contribution is 7.92. The first-order valence-corrected chi connectivity index (χ1v) is 14.3. The van der Waals surface area contributed by atoms with Gasteiger partial charge in [-0.05, 0) is 42.7 Å². The molecule has 0 heterocycles. The van der Waals surface area contributed by atoms with Crippen LogP contribution in [0.15, 0.2) is 42.5 Å². The normalized spacial score (nSPS) is 11.8. The van der Waals surface area contributed by atoms with Gasteiger partial charge in [0.05, 0.1) is 33.3 Å². The highest BCUT2D eigenvalue weighted by atomic mass is 32.2. The van der Waals surface area contributed by atoms with Gasteiger partial charge in [-0.15, -0.1) is 0 Å². The van der Waals surface area contributed by atoms with E-state index in [1.165, 1.54) is 25.2 Å². The van der Waals surface area contributed by atoms with Crippen molar-refractivity contribution in [3.8, 4) is 17.2 Å². The molecule has 1 atom stereocenters. The molecule has 0 aromatic heterocycles. The number of hydrogen-bond acceptors (Lipinski definition) is 7. The minimum absolute atomic E-state index is 0.107. The van der Waals surface area contributed by atoms with Crippen LogP contribution in [0.25, 0.3) is 0 Å². The molecule has 0 bridgehead atoms. The number of hydrogen-bond donors (Lipinski definition) is 1. The molecule has 2 aromatic carbocycles. The number of amides is 2. The fourth-order valence-corrected chi connectivity index (χ4v) is 4.78. The van der Waals surface area contributed by atoms with Crippen molar-refractivity contribution in [3.05, 3.63) is 48.0 Å². The fourth-order valence-electron chi connectivity index (χ4n) is 3.94. The van der Waals surface area contributed by atoms with Gasteiger partial charge in [0, 0.05) is 19.2 Å². The summed E-state index contributed by atoms with van der Waals surface area (Å²) in [5, 5.41) is 2.90. The zero-order valence-corrected chi connectivity index (χ0v) is 23.8. The average Bonchev–Trinajstić information content (AvgIpc) is 2.90. The predicted molar refractivity (Wildman–Crippen MR) is 147 cm³/mol. The summed E-state index contributed by atoms with van der Waals surface area (Å²) in [5.41, 5.74) is 0.927. The molecule has 2 amide bonds. The Bertz CT molecular complexity index is 1170. The predicted octanol–water partition coefficient (Wildman–Crippen LogP) is 3.20. The van der Waals surface area contributed by atoms with Crippen molar-refractivity contribution in [2.75, 3.05) is 45.0 Å². The van der Waals surface area contributed by atoms with Crippen molar-refractivity contribution in [1.29, 1.82) is 0 Å². The molecule has 0 radical (unpaired) electrons. The number of carbonyl (C=O) groups is 2. The van der Waals surface area contributed by atoms with E-state index in [4.69, 9.17) is 14.2 Å². The van der Waals surface area contributed by atoms with Crippen molar-refractivity contribution >= 4 is 27.5 Å². The standard InChI is InChI=1S/C27H39N3O7S/c1-7-9-16-28-27(32)23(8-2)29(18-20-10-12-21(35-3)13-11-20)26(31)19-30(38(6,33)34)24-17-22(36-4)14-15-25(24)37-5/h10-15,17,23H,7-9,16,18-19H2,1-6H3,(H,28,32)/t23-/m0/s1. The van der Waals surface area contributed by atoms with Crippen LogP contribution in [0.3, 0.4) is 0 Å². The third-order valence-electron chi connectivity index (χ3n) is 6.06. The Morgan fingerprint density at radius 3 is 2.11 bits per heavy atom. The second kappa shape index (κ2) is 14.5. The van der Waals surface area contributed by atoms with Crippen LogP contribution in [0.4, 0.5) is 5.69 Å². The number of benzene rings is 2. The second-order valence-corrected chi connectivity index (χ2v) is 10.7. The molecule has 11 heteroatoms. The number of methoxy groups -OCH3 is 3. The van der Waals surface area contributed by atoms with E-state index < -0.39 is 28.5 Å². The van der Waals surface area contributed by atoms with Crippen LogP contribution in [0.1, 0.15) is 38.7 Å². The molecule has 0 fully saturated rings. The first-order chi connectivity index (χ1) is 18.1. The molecular weight excluding hydrogens is 510 g/mol. The van der Waals surface area contributed by atoms with Crippen molar-refractivity contribution in [2.24, 2.45) is 0 Å². The molecule has 0 saturated carbocycles. The highest BCUT2D eigenvalue weighted by Gasteiger charge is 2.32. The van der Waals surface area contributed by atoms with Gasteiger partial charge in [0.25, 0.3) is 0 Å². The van der Waals surface area contributed by atoms with Gasteiger partial charge in [-0.2, -0.15) is 0 Å². The lowest BCUT2D eigenvalue weighted by atomic mass is 10.1. The van der Waals surface area contributed by atoms with E-state index in [1.807, 2.05) is 13.8 Å². The van der Waals surface area contributed by atoms with Gasteiger partial charge >= 0.3 is 0 Å². The minimum Gasteiger partial charge on any atom is -0.497 e. The maximum Gasteiger partial charge on any atom is 0.244 e. The van der Waals surface area contributed by atoms with Crippen LogP contribution in [0.5, 0.6) is 17.2 Å². The van der Waals surface area contributed by atoms with Crippen molar-refractivity contribution in [1.82, 2.24) is 10.2 Å². The molecule has 38 heavy (non-hydrogen) atoms. The Morgan fingerprint density at radius 1 is 0.947 bits per heavy atom. The molecule has 10 nitrogen and oxygen atoms in total. The number of ether oxygens (including phenoxy) is 3. The molecule has 0 aliphatic rings. The van der Waals surface area contributed by atoms with Gasteiger partial charge < -0.3 is 24.4 Å². The molecule has 0 spiro atoms. The van der Waals surface area contributed by atoms with Gasteiger partial charge in [0.2, 0.25) is 21.8 Å². The van der Waals surface area contributed by atoms with Crippen LogP contribution >= 0.6 is 0 Å². The van der Waals surface area contributed by atoms with Crippen molar-refractivity contribution in [3.63, 3.8) is 0 Å². The molecular formula is C27H39N3O7S. The lowest BCUT2D eigenvalue weighted by Gasteiger charge is -2.33. The number of unbranched alkanes of at least 4 members (excludes halogenated alkanes) is 1. The molecule has 0 aliphatic carbocycles. The van der Waals surface area contributed by atoms with E-state index in [1.54, 1.807) is 43.5 Å². The Labute approximate surface area is 225 Å². The average molecular weight is 550 g/mol. The van der Waals surface area contributed by atoms with Gasteiger partial charge in [-0.3, -0.25) is 13.9 Å². The highest BCUT2D eigenvalue weighted by Crippen LogP contribution is 2.34. The topological polar surface area (TPSA) is 114 Å². The van der Waals surface area contributed by atoms with Crippen LogP contribution < -0.4 is 23.8 Å². The van der Waals surface area contributed by atoms with E-state index >= 15 is 0 Å². The van der Waals surface area contributed by atoms with E-state index in [-0.39, 0.29) is 23.9 Å². The summed E-state index contributed by atoms with van der Waals surface area (Å²) in [7, 11) is 0.511. The Morgan fingerprint density at radius 2 is 1.58 bits per heavy atom. The van der Waals surface area contributed by atoms with E-state index in [0.717, 1.165) is 29.0 Å². The smallest absolute Gasteiger partial charge is 0.244 e. The van der Waals surface area contributed by atoms with Crippen LogP contribution in [-0.2, 0) is 26.2 Å². The zero-order chi connectivity index (χ0) is 28.3. The van der Waals surface area contributed by atoms with Crippen LogP contribution in [-0.4, -0.2) is 71.8 Å². The Balaban J connectivity index is 2.49. The van der Waals surface area contributed by atoms with Gasteiger partial charge in [0.1, 0.15) is 29.8 Å². The van der Waals surface area contributed by atoms with Crippen LogP contribution in [0.2, 0.25) is 0 Å². The first-order valence-electron chi connectivity index (χ1n) is 12.5. The molecule has 0 saturated heterocycles. The number of carbonyl (C=O) groups excluding carboxylic acids is 2. The maximum absolute atomic E-state index is 13.8. The molecule has 0 aliphatic heterocycles. The van der Waals surface area contributed by atoms with Crippen molar-refractivity contribution in [2.45, 2.75) is 45.7 Å². The summed E-state index contributed by atoms with van der Waals surface area (Å²) < 4.78 is 42.6. The Kier molecular flexibility index (Phi) is 11.7. The van der Waals surface area contributed by atoms with Gasteiger partial charge in [-0.1, -0.05) is 32.4 Å².